The number of nitrogens with one attached hydrogen (secondary N) is 2. The van der Waals surface area contributed by atoms with E-state index in [9.17, 15) is 9.18 Å². The second kappa shape index (κ2) is 10.1. The topological polar surface area (TPSA) is 47.6 Å². The minimum absolute atomic E-state index is 0.0976. The zero-order chi connectivity index (χ0) is 19.8. The summed E-state index contributed by atoms with van der Waals surface area (Å²) >= 11 is 0. The summed E-state index contributed by atoms with van der Waals surface area (Å²) in [5, 5.41) is 5.79. The Hall–Kier alpha value is -2.60. The van der Waals surface area contributed by atoms with Crippen molar-refractivity contribution in [2.45, 2.75) is 25.9 Å². The van der Waals surface area contributed by atoms with Gasteiger partial charge in [0.25, 0.3) is 0 Å². The molecule has 0 saturated carbocycles. The lowest BCUT2D eigenvalue weighted by Crippen LogP contribution is -2.48. The standard InChI is InChI=1S/C22H29FN4O/c1-18(25-22(28)24-17-19-7-9-20(23)10-8-19)11-12-26-13-15-27(16-14-26)21-5-3-2-4-6-21/h2-10,18H,11-17H2,1H3,(H2,24,25,28)/t18-/m0/s1. The number of rotatable bonds is 7. The van der Waals surface area contributed by atoms with Crippen LogP contribution in [0.5, 0.6) is 0 Å². The molecular formula is C22H29FN4O. The third-order valence-electron chi connectivity index (χ3n) is 5.12. The summed E-state index contributed by atoms with van der Waals surface area (Å²) in [6, 6.07) is 16.6. The van der Waals surface area contributed by atoms with Crippen molar-refractivity contribution in [2.24, 2.45) is 0 Å². The van der Waals surface area contributed by atoms with Crippen molar-refractivity contribution in [3.8, 4) is 0 Å². The van der Waals surface area contributed by atoms with Gasteiger partial charge < -0.3 is 15.5 Å². The number of carbonyl (C=O) groups is 1. The summed E-state index contributed by atoms with van der Waals surface area (Å²) in [6.07, 6.45) is 0.912. The molecule has 2 amide bonds. The quantitative estimate of drug-likeness (QED) is 0.771. The molecule has 0 unspecified atom stereocenters. The van der Waals surface area contributed by atoms with Crippen LogP contribution in [0.25, 0.3) is 0 Å². The number of urea groups is 1. The first-order valence-electron chi connectivity index (χ1n) is 9.91. The van der Waals surface area contributed by atoms with Crippen LogP contribution in [0.15, 0.2) is 54.6 Å². The summed E-state index contributed by atoms with van der Waals surface area (Å²) in [4.78, 5) is 16.9. The van der Waals surface area contributed by atoms with E-state index in [1.807, 2.05) is 13.0 Å². The number of hydrogen-bond donors (Lipinski definition) is 2. The number of halogens is 1. The Morgan fingerprint density at radius 3 is 2.39 bits per heavy atom. The maximum absolute atomic E-state index is 12.9. The predicted octanol–water partition coefficient (Wildman–Crippen LogP) is 3.23. The normalized spacial score (nSPS) is 15.9. The number of nitrogens with zero attached hydrogens (tertiary/aromatic N) is 2. The fourth-order valence-corrected chi connectivity index (χ4v) is 3.38. The highest BCUT2D eigenvalue weighted by Gasteiger charge is 2.17. The smallest absolute Gasteiger partial charge is 0.315 e. The summed E-state index contributed by atoms with van der Waals surface area (Å²) in [5.74, 6) is -0.272. The maximum atomic E-state index is 12.9. The van der Waals surface area contributed by atoms with Crippen LogP contribution in [0.3, 0.4) is 0 Å². The van der Waals surface area contributed by atoms with Gasteiger partial charge >= 0.3 is 6.03 Å². The highest BCUT2D eigenvalue weighted by Crippen LogP contribution is 2.15. The predicted molar refractivity (Wildman–Crippen MR) is 111 cm³/mol. The SMILES string of the molecule is C[C@@H](CCN1CCN(c2ccccc2)CC1)NC(=O)NCc1ccc(F)cc1. The van der Waals surface area contributed by atoms with Crippen LogP contribution in [0.2, 0.25) is 0 Å². The Morgan fingerprint density at radius 2 is 1.71 bits per heavy atom. The van der Waals surface area contributed by atoms with Gasteiger partial charge in [-0.2, -0.15) is 0 Å². The largest absolute Gasteiger partial charge is 0.369 e. The molecule has 5 nitrogen and oxygen atoms in total. The molecular weight excluding hydrogens is 355 g/mol. The number of carbonyl (C=O) groups excluding carboxylic acids is 1. The first kappa shape index (κ1) is 20.1. The number of amides is 2. The van der Waals surface area contributed by atoms with Crippen molar-refractivity contribution in [1.82, 2.24) is 15.5 Å². The van der Waals surface area contributed by atoms with Crippen molar-refractivity contribution < 1.29 is 9.18 Å². The molecule has 2 aromatic rings. The van der Waals surface area contributed by atoms with Gasteiger partial charge in [0.2, 0.25) is 0 Å². The van der Waals surface area contributed by atoms with Crippen LogP contribution < -0.4 is 15.5 Å². The second-order valence-electron chi connectivity index (χ2n) is 7.31. The van der Waals surface area contributed by atoms with E-state index in [1.165, 1.54) is 17.8 Å². The van der Waals surface area contributed by atoms with Gasteiger partial charge in [-0.25, -0.2) is 9.18 Å². The summed E-state index contributed by atoms with van der Waals surface area (Å²) in [7, 11) is 0. The van der Waals surface area contributed by atoms with Gasteiger partial charge in [0.05, 0.1) is 0 Å². The van der Waals surface area contributed by atoms with Gasteiger partial charge in [-0.15, -0.1) is 0 Å². The molecule has 0 spiro atoms. The lowest BCUT2D eigenvalue weighted by atomic mass is 10.2. The highest BCUT2D eigenvalue weighted by atomic mass is 19.1. The molecule has 2 aromatic carbocycles. The first-order chi connectivity index (χ1) is 13.6. The molecule has 0 aliphatic carbocycles. The molecule has 6 heteroatoms. The van der Waals surface area contributed by atoms with Crippen LogP contribution >= 0.6 is 0 Å². The number of piperazine rings is 1. The van der Waals surface area contributed by atoms with Crippen molar-refractivity contribution in [3.63, 3.8) is 0 Å². The van der Waals surface area contributed by atoms with Crippen LogP contribution in [0.4, 0.5) is 14.9 Å². The van der Waals surface area contributed by atoms with Crippen molar-refractivity contribution in [2.75, 3.05) is 37.6 Å². The molecule has 0 bridgehead atoms. The number of anilines is 1. The molecule has 1 atom stereocenters. The maximum Gasteiger partial charge on any atom is 0.315 e. The van der Waals surface area contributed by atoms with Gasteiger partial charge in [0, 0.05) is 51.0 Å². The minimum Gasteiger partial charge on any atom is -0.369 e. The van der Waals surface area contributed by atoms with E-state index in [1.54, 1.807) is 12.1 Å². The Labute approximate surface area is 166 Å². The highest BCUT2D eigenvalue weighted by molar-refractivity contribution is 5.74. The number of hydrogen-bond acceptors (Lipinski definition) is 3. The monoisotopic (exact) mass is 384 g/mol. The molecule has 1 fully saturated rings. The van der Waals surface area contributed by atoms with Crippen LogP contribution in [0.1, 0.15) is 18.9 Å². The first-order valence-corrected chi connectivity index (χ1v) is 9.91. The van der Waals surface area contributed by atoms with Gasteiger partial charge in [0.15, 0.2) is 0 Å². The van der Waals surface area contributed by atoms with Crippen LogP contribution in [0, 0.1) is 5.82 Å². The second-order valence-corrected chi connectivity index (χ2v) is 7.31. The van der Waals surface area contributed by atoms with Crippen molar-refractivity contribution in [1.29, 1.82) is 0 Å². The molecule has 1 aliphatic rings. The number of benzene rings is 2. The Balaban J connectivity index is 1.31. The van der Waals surface area contributed by atoms with Gasteiger partial charge in [-0.05, 0) is 43.2 Å². The fourth-order valence-electron chi connectivity index (χ4n) is 3.38. The zero-order valence-corrected chi connectivity index (χ0v) is 16.4. The minimum atomic E-state index is -0.272. The average molecular weight is 384 g/mol. The summed E-state index contributed by atoms with van der Waals surface area (Å²) in [5.41, 5.74) is 2.16. The Bertz CT molecular complexity index is 730. The van der Waals surface area contributed by atoms with Crippen LogP contribution in [-0.4, -0.2) is 49.7 Å². The van der Waals surface area contributed by atoms with Gasteiger partial charge in [-0.3, -0.25) is 4.90 Å². The molecule has 0 aromatic heterocycles. The molecule has 28 heavy (non-hydrogen) atoms. The van der Waals surface area contributed by atoms with E-state index in [-0.39, 0.29) is 17.9 Å². The zero-order valence-electron chi connectivity index (χ0n) is 16.4. The van der Waals surface area contributed by atoms with Crippen LogP contribution in [-0.2, 0) is 6.54 Å². The van der Waals surface area contributed by atoms with E-state index in [2.05, 4.69) is 44.7 Å². The molecule has 1 saturated heterocycles. The molecule has 1 heterocycles. The fraction of sp³-hybridized carbons (Fsp3) is 0.409. The number of para-hydroxylation sites is 1. The van der Waals surface area contributed by atoms with E-state index in [0.717, 1.165) is 44.7 Å². The molecule has 3 rings (SSSR count). The summed E-state index contributed by atoms with van der Waals surface area (Å²) < 4.78 is 12.9. The van der Waals surface area contributed by atoms with Gasteiger partial charge in [0.1, 0.15) is 5.82 Å². The lowest BCUT2D eigenvalue weighted by Gasteiger charge is -2.36. The Morgan fingerprint density at radius 1 is 1.04 bits per heavy atom. The third kappa shape index (κ3) is 6.23. The van der Waals surface area contributed by atoms with E-state index >= 15 is 0 Å². The van der Waals surface area contributed by atoms with E-state index in [4.69, 9.17) is 0 Å². The lowest BCUT2D eigenvalue weighted by molar-refractivity contribution is 0.227. The molecule has 150 valence electrons. The van der Waals surface area contributed by atoms with E-state index < -0.39 is 0 Å². The summed E-state index contributed by atoms with van der Waals surface area (Å²) in [6.45, 7) is 7.53. The van der Waals surface area contributed by atoms with Crippen molar-refractivity contribution in [3.05, 3.63) is 66.0 Å². The van der Waals surface area contributed by atoms with Crippen molar-refractivity contribution >= 4 is 11.7 Å². The third-order valence-corrected chi connectivity index (χ3v) is 5.12. The molecule has 2 N–H and O–H groups in total. The Kier molecular flexibility index (Phi) is 7.25. The molecule has 0 radical (unpaired) electrons. The van der Waals surface area contributed by atoms with Gasteiger partial charge in [-0.1, -0.05) is 30.3 Å². The molecule has 1 aliphatic heterocycles. The van der Waals surface area contributed by atoms with E-state index in [0.29, 0.717) is 6.54 Å². The average Bonchev–Trinajstić information content (AvgIpc) is 2.73.